The van der Waals surface area contributed by atoms with E-state index in [1.54, 1.807) is 4.90 Å². The summed E-state index contributed by atoms with van der Waals surface area (Å²) in [4.78, 5) is 36.6. The van der Waals surface area contributed by atoms with Crippen molar-refractivity contribution < 1.29 is 24.6 Å². The summed E-state index contributed by atoms with van der Waals surface area (Å²) in [5.74, 6) is -1.90. The maximum atomic E-state index is 12.4. The molecule has 1 aliphatic heterocycles. The molecule has 20 heavy (non-hydrogen) atoms. The standard InChI is InChI=1S/C13H20N2O5/c16-11(17)7-14(8-12(18)19)13(20)15-6-2-4-9-3-1-5-10(9)15/h9-10H,1-8H2,(H,16,17)(H,18,19). The first-order valence-electron chi connectivity index (χ1n) is 6.98. The molecule has 2 unspecified atom stereocenters. The third-order valence-electron chi connectivity index (χ3n) is 4.16. The van der Waals surface area contributed by atoms with E-state index in [1.165, 1.54) is 0 Å². The summed E-state index contributed by atoms with van der Waals surface area (Å²) in [5, 5.41) is 17.7. The van der Waals surface area contributed by atoms with Crippen LogP contribution in [0.2, 0.25) is 0 Å². The number of hydrogen-bond acceptors (Lipinski definition) is 3. The molecule has 1 saturated heterocycles. The molecule has 0 spiro atoms. The first-order valence-corrected chi connectivity index (χ1v) is 6.98. The number of fused-ring (bicyclic) bond motifs is 1. The molecule has 0 bridgehead atoms. The van der Waals surface area contributed by atoms with E-state index in [1.807, 2.05) is 0 Å². The number of nitrogens with zero attached hydrogens (tertiary/aromatic N) is 2. The average molecular weight is 284 g/mol. The molecule has 2 aliphatic rings. The van der Waals surface area contributed by atoms with E-state index in [0.29, 0.717) is 12.5 Å². The Morgan fingerprint density at radius 1 is 1.00 bits per heavy atom. The zero-order valence-corrected chi connectivity index (χ0v) is 11.3. The Morgan fingerprint density at radius 2 is 1.60 bits per heavy atom. The lowest BCUT2D eigenvalue weighted by Gasteiger charge is -2.40. The Morgan fingerprint density at radius 3 is 2.20 bits per heavy atom. The Balaban J connectivity index is 2.08. The van der Waals surface area contributed by atoms with Crippen molar-refractivity contribution in [2.24, 2.45) is 5.92 Å². The lowest BCUT2D eigenvalue weighted by molar-refractivity contribution is -0.140. The molecule has 2 N–H and O–H groups in total. The Kier molecular flexibility index (Phi) is 4.46. The number of urea groups is 1. The number of carboxylic acid groups (broad SMARTS) is 2. The van der Waals surface area contributed by atoms with E-state index < -0.39 is 31.1 Å². The van der Waals surface area contributed by atoms with Gasteiger partial charge in [-0.3, -0.25) is 9.59 Å². The van der Waals surface area contributed by atoms with Crippen LogP contribution in [0, 0.1) is 5.92 Å². The molecule has 0 aromatic carbocycles. The molecule has 2 fully saturated rings. The van der Waals surface area contributed by atoms with Crippen molar-refractivity contribution in [3.05, 3.63) is 0 Å². The number of carboxylic acids is 2. The molecule has 1 aliphatic carbocycles. The number of rotatable bonds is 4. The predicted molar refractivity (Wildman–Crippen MR) is 69.3 cm³/mol. The third-order valence-corrected chi connectivity index (χ3v) is 4.16. The molecule has 1 saturated carbocycles. The van der Waals surface area contributed by atoms with Crippen molar-refractivity contribution in [3.63, 3.8) is 0 Å². The van der Waals surface area contributed by atoms with Crippen molar-refractivity contribution in [1.29, 1.82) is 0 Å². The van der Waals surface area contributed by atoms with E-state index in [4.69, 9.17) is 10.2 Å². The van der Waals surface area contributed by atoms with Gasteiger partial charge in [0.2, 0.25) is 0 Å². The average Bonchev–Trinajstić information content (AvgIpc) is 2.83. The molecular weight excluding hydrogens is 264 g/mol. The normalized spacial score (nSPS) is 25.1. The van der Waals surface area contributed by atoms with Gasteiger partial charge >= 0.3 is 18.0 Å². The van der Waals surface area contributed by atoms with Crippen LogP contribution in [0.5, 0.6) is 0 Å². The molecule has 2 atom stereocenters. The van der Waals surface area contributed by atoms with Crippen LogP contribution in [0.3, 0.4) is 0 Å². The number of carbonyl (C=O) groups is 3. The second-order valence-corrected chi connectivity index (χ2v) is 5.52. The third kappa shape index (κ3) is 3.20. The van der Waals surface area contributed by atoms with Gasteiger partial charge in [-0.2, -0.15) is 0 Å². The Hall–Kier alpha value is -1.79. The monoisotopic (exact) mass is 284 g/mol. The fourth-order valence-corrected chi connectivity index (χ4v) is 3.39. The summed E-state index contributed by atoms with van der Waals surface area (Å²) in [6.45, 7) is -0.548. The topological polar surface area (TPSA) is 98.1 Å². The van der Waals surface area contributed by atoms with Gasteiger partial charge < -0.3 is 20.0 Å². The molecule has 2 amide bonds. The Labute approximate surface area is 117 Å². The second-order valence-electron chi connectivity index (χ2n) is 5.52. The van der Waals surface area contributed by atoms with Crippen molar-refractivity contribution in [3.8, 4) is 0 Å². The van der Waals surface area contributed by atoms with E-state index >= 15 is 0 Å². The molecule has 0 aromatic rings. The zero-order valence-electron chi connectivity index (χ0n) is 11.3. The number of amides is 2. The van der Waals surface area contributed by atoms with Crippen molar-refractivity contribution >= 4 is 18.0 Å². The maximum absolute atomic E-state index is 12.4. The van der Waals surface area contributed by atoms with Crippen molar-refractivity contribution in [1.82, 2.24) is 9.80 Å². The summed E-state index contributed by atoms with van der Waals surface area (Å²) in [6, 6.07) is -0.298. The van der Waals surface area contributed by atoms with Gasteiger partial charge in [-0.25, -0.2) is 4.79 Å². The summed E-state index contributed by atoms with van der Waals surface area (Å²) < 4.78 is 0. The molecule has 1 heterocycles. The van der Waals surface area contributed by atoms with Gasteiger partial charge in [0.05, 0.1) is 0 Å². The van der Waals surface area contributed by atoms with Crippen LogP contribution < -0.4 is 0 Å². The van der Waals surface area contributed by atoms with Crippen LogP contribution in [0.1, 0.15) is 32.1 Å². The number of likely N-dealkylation sites (tertiary alicyclic amines) is 1. The fraction of sp³-hybridized carbons (Fsp3) is 0.769. The van der Waals surface area contributed by atoms with E-state index in [2.05, 4.69) is 0 Å². The minimum atomic E-state index is -1.19. The van der Waals surface area contributed by atoms with Gasteiger partial charge in [-0.15, -0.1) is 0 Å². The van der Waals surface area contributed by atoms with Crippen LogP contribution in [0.4, 0.5) is 4.79 Å². The predicted octanol–water partition coefficient (Wildman–Crippen LogP) is 0.842. The highest BCUT2D eigenvalue weighted by Gasteiger charge is 2.39. The van der Waals surface area contributed by atoms with Gasteiger partial charge in [0.25, 0.3) is 0 Å². The molecule has 7 nitrogen and oxygen atoms in total. The van der Waals surface area contributed by atoms with Crippen LogP contribution >= 0.6 is 0 Å². The number of carbonyl (C=O) groups excluding carboxylic acids is 1. The molecule has 112 valence electrons. The van der Waals surface area contributed by atoms with Crippen molar-refractivity contribution in [2.75, 3.05) is 19.6 Å². The smallest absolute Gasteiger partial charge is 0.323 e. The lowest BCUT2D eigenvalue weighted by atomic mass is 9.92. The Bertz CT molecular complexity index is 396. The number of hydrogen-bond donors (Lipinski definition) is 2. The summed E-state index contributed by atoms with van der Waals surface area (Å²) >= 11 is 0. The van der Waals surface area contributed by atoms with Crippen LogP contribution in [0.15, 0.2) is 0 Å². The van der Waals surface area contributed by atoms with E-state index in [9.17, 15) is 14.4 Å². The molecule has 0 radical (unpaired) electrons. The van der Waals surface area contributed by atoms with Crippen LogP contribution in [0.25, 0.3) is 0 Å². The van der Waals surface area contributed by atoms with Crippen LogP contribution in [-0.4, -0.2) is 63.7 Å². The molecular formula is C13H20N2O5. The highest BCUT2D eigenvalue weighted by molar-refractivity contribution is 5.84. The highest BCUT2D eigenvalue weighted by Crippen LogP contribution is 2.37. The summed E-state index contributed by atoms with van der Waals surface area (Å²) in [6.07, 6.45) is 5.13. The van der Waals surface area contributed by atoms with Crippen LogP contribution in [-0.2, 0) is 9.59 Å². The molecule has 7 heteroatoms. The minimum Gasteiger partial charge on any atom is -0.480 e. The van der Waals surface area contributed by atoms with Gasteiger partial charge in [0.1, 0.15) is 13.1 Å². The summed E-state index contributed by atoms with van der Waals surface area (Å²) in [7, 11) is 0. The van der Waals surface area contributed by atoms with E-state index in [0.717, 1.165) is 37.0 Å². The first kappa shape index (κ1) is 14.6. The van der Waals surface area contributed by atoms with E-state index in [-0.39, 0.29) is 6.04 Å². The SMILES string of the molecule is O=C(O)CN(CC(=O)O)C(=O)N1CCCC2CCCC21. The number of aliphatic carboxylic acids is 2. The number of piperidine rings is 1. The first-order chi connectivity index (χ1) is 9.49. The largest absolute Gasteiger partial charge is 0.480 e. The fourth-order valence-electron chi connectivity index (χ4n) is 3.39. The molecule has 0 aromatic heterocycles. The highest BCUT2D eigenvalue weighted by atomic mass is 16.4. The van der Waals surface area contributed by atoms with Gasteiger partial charge in [-0.1, -0.05) is 6.42 Å². The molecule has 2 rings (SSSR count). The second kappa shape index (κ2) is 6.11. The van der Waals surface area contributed by atoms with Gasteiger partial charge in [0, 0.05) is 12.6 Å². The minimum absolute atomic E-state index is 0.154. The van der Waals surface area contributed by atoms with Gasteiger partial charge in [-0.05, 0) is 31.6 Å². The van der Waals surface area contributed by atoms with Crippen molar-refractivity contribution in [2.45, 2.75) is 38.1 Å². The lowest BCUT2D eigenvalue weighted by Crippen LogP contribution is -2.53. The summed E-state index contributed by atoms with van der Waals surface area (Å²) in [5.41, 5.74) is 0. The van der Waals surface area contributed by atoms with Gasteiger partial charge in [0.15, 0.2) is 0 Å². The quantitative estimate of drug-likeness (QED) is 0.797. The maximum Gasteiger partial charge on any atom is 0.323 e. The zero-order chi connectivity index (χ0) is 14.7.